The first kappa shape index (κ1) is 21.0. The normalized spacial score (nSPS) is 13.5. The lowest BCUT2D eigenvalue weighted by Gasteiger charge is -2.32. The number of rotatable bonds is 13. The second kappa shape index (κ2) is 12.3. The van der Waals surface area contributed by atoms with E-state index in [9.17, 15) is 0 Å². The van der Waals surface area contributed by atoms with E-state index in [0.29, 0.717) is 6.04 Å². The van der Waals surface area contributed by atoms with Crippen molar-refractivity contribution >= 4 is 6.08 Å². The summed E-state index contributed by atoms with van der Waals surface area (Å²) in [5.74, 6) is 0. The van der Waals surface area contributed by atoms with Gasteiger partial charge in [-0.1, -0.05) is 88.6 Å². The largest absolute Gasteiger partial charge is 0.300 e. The van der Waals surface area contributed by atoms with Gasteiger partial charge in [-0.15, -0.1) is 0 Å². The van der Waals surface area contributed by atoms with E-state index in [1.807, 2.05) is 0 Å². The predicted octanol–water partition coefficient (Wildman–Crippen LogP) is 7.04. The number of unbranched alkanes of at least 4 members (excludes halogenated alkanes) is 8. The van der Waals surface area contributed by atoms with Gasteiger partial charge in [-0.3, -0.25) is 4.48 Å². The highest BCUT2D eigenvalue weighted by molar-refractivity contribution is 5.47. The molecule has 136 valence electrons. The first-order valence-corrected chi connectivity index (χ1v) is 10.1. The number of hydrogen-bond donors (Lipinski definition) is 0. The van der Waals surface area contributed by atoms with Gasteiger partial charge in [0.15, 0.2) is 0 Å². The summed E-state index contributed by atoms with van der Waals surface area (Å²) >= 11 is 0. The van der Waals surface area contributed by atoms with Gasteiger partial charge in [-0.25, -0.2) is 0 Å². The fourth-order valence-electron chi connectivity index (χ4n) is 3.07. The summed E-state index contributed by atoms with van der Waals surface area (Å²) in [7, 11) is 4.63. The van der Waals surface area contributed by atoms with Crippen LogP contribution in [0, 0.1) is 0 Å². The minimum atomic E-state index is 0.675. The van der Waals surface area contributed by atoms with Crippen molar-refractivity contribution in [2.75, 3.05) is 14.1 Å². The molecule has 1 unspecified atom stereocenters. The number of benzene rings is 1. The minimum absolute atomic E-state index is 0.675. The fourth-order valence-corrected chi connectivity index (χ4v) is 3.07. The molecule has 0 aliphatic carbocycles. The molecule has 1 aromatic rings. The maximum atomic E-state index is 2.39. The van der Waals surface area contributed by atoms with Crippen LogP contribution in [-0.2, 0) is 0 Å². The molecule has 0 fully saturated rings. The Morgan fingerprint density at radius 2 is 1.38 bits per heavy atom. The summed E-state index contributed by atoms with van der Waals surface area (Å²) in [5, 5.41) is 0. The molecule has 0 spiro atoms. The lowest BCUT2D eigenvalue weighted by Crippen LogP contribution is -2.42. The van der Waals surface area contributed by atoms with Crippen LogP contribution in [0.3, 0.4) is 0 Å². The molecule has 0 aromatic heterocycles. The van der Waals surface area contributed by atoms with Gasteiger partial charge in [0.05, 0.1) is 26.3 Å². The molecule has 1 atom stereocenters. The average molecular weight is 331 g/mol. The van der Waals surface area contributed by atoms with Crippen molar-refractivity contribution in [3.63, 3.8) is 0 Å². The highest BCUT2D eigenvalue weighted by Crippen LogP contribution is 2.18. The summed E-state index contributed by atoms with van der Waals surface area (Å²) < 4.78 is 0.964. The van der Waals surface area contributed by atoms with Crippen molar-refractivity contribution in [3.05, 3.63) is 42.1 Å². The Morgan fingerprint density at radius 1 is 0.833 bits per heavy atom. The van der Waals surface area contributed by atoms with E-state index in [0.717, 1.165) is 4.48 Å². The lowest BCUT2D eigenvalue weighted by molar-refractivity contribution is -0.863. The standard InChI is InChI=1S/C23H40N/c1-5-6-7-8-9-10-11-12-14-17-22(2)24(3,4)21-20-23-18-15-13-16-19-23/h13,15-16,18-22H,5-12,14,17H2,1-4H3/q+1. The van der Waals surface area contributed by atoms with E-state index in [-0.39, 0.29) is 0 Å². The predicted molar refractivity (Wildman–Crippen MR) is 109 cm³/mol. The van der Waals surface area contributed by atoms with Crippen LogP contribution in [0.4, 0.5) is 0 Å². The zero-order valence-corrected chi connectivity index (χ0v) is 16.6. The zero-order chi connectivity index (χ0) is 17.7. The van der Waals surface area contributed by atoms with E-state index in [1.165, 1.54) is 69.8 Å². The monoisotopic (exact) mass is 330 g/mol. The maximum Gasteiger partial charge on any atom is 0.0962 e. The highest BCUT2D eigenvalue weighted by Gasteiger charge is 2.20. The summed E-state index contributed by atoms with van der Waals surface area (Å²) in [6, 6.07) is 11.3. The van der Waals surface area contributed by atoms with Gasteiger partial charge in [0.2, 0.25) is 0 Å². The van der Waals surface area contributed by atoms with Gasteiger partial charge in [0.25, 0.3) is 0 Å². The molecular weight excluding hydrogens is 290 g/mol. The molecule has 0 aliphatic heterocycles. The van der Waals surface area contributed by atoms with Crippen molar-refractivity contribution in [2.24, 2.45) is 0 Å². The number of quaternary nitrogens is 1. The van der Waals surface area contributed by atoms with Gasteiger partial charge < -0.3 is 0 Å². The third kappa shape index (κ3) is 9.27. The molecule has 1 aromatic carbocycles. The smallest absolute Gasteiger partial charge is 0.0962 e. The molecule has 1 heteroatoms. The van der Waals surface area contributed by atoms with Gasteiger partial charge in [-0.2, -0.15) is 0 Å². The molecule has 0 radical (unpaired) electrons. The molecular formula is C23H40N+. The van der Waals surface area contributed by atoms with E-state index in [2.05, 4.69) is 70.6 Å². The second-order valence-electron chi connectivity index (χ2n) is 7.82. The Balaban J connectivity index is 2.17. The van der Waals surface area contributed by atoms with Crippen LogP contribution < -0.4 is 0 Å². The van der Waals surface area contributed by atoms with Crippen LogP contribution in [-0.4, -0.2) is 24.6 Å². The topological polar surface area (TPSA) is 0 Å². The Hall–Kier alpha value is -1.08. The fraction of sp³-hybridized carbons (Fsp3) is 0.652. The van der Waals surface area contributed by atoms with E-state index >= 15 is 0 Å². The molecule has 24 heavy (non-hydrogen) atoms. The van der Waals surface area contributed by atoms with E-state index < -0.39 is 0 Å². The Labute approximate surface area is 151 Å². The molecule has 0 saturated heterocycles. The first-order chi connectivity index (χ1) is 11.6. The third-order valence-electron chi connectivity index (χ3n) is 5.31. The first-order valence-electron chi connectivity index (χ1n) is 10.1. The quantitative estimate of drug-likeness (QED) is 0.269. The van der Waals surface area contributed by atoms with Crippen molar-refractivity contribution in [1.29, 1.82) is 0 Å². The Bertz CT molecular complexity index is 433. The van der Waals surface area contributed by atoms with Crippen LogP contribution in [0.5, 0.6) is 0 Å². The zero-order valence-electron chi connectivity index (χ0n) is 16.6. The molecule has 0 heterocycles. The van der Waals surface area contributed by atoms with Gasteiger partial charge in [0.1, 0.15) is 0 Å². The SMILES string of the molecule is CCCCCCCCCCCC(C)[N+](C)(C)C=Cc1ccccc1. The van der Waals surface area contributed by atoms with Crippen LogP contribution in [0.2, 0.25) is 0 Å². The average Bonchev–Trinajstić information content (AvgIpc) is 2.59. The molecule has 1 nitrogen and oxygen atoms in total. The van der Waals surface area contributed by atoms with Crippen LogP contribution in [0.15, 0.2) is 36.5 Å². The highest BCUT2D eigenvalue weighted by atomic mass is 15.3. The van der Waals surface area contributed by atoms with Crippen molar-refractivity contribution < 1.29 is 4.48 Å². The van der Waals surface area contributed by atoms with E-state index in [4.69, 9.17) is 0 Å². The van der Waals surface area contributed by atoms with Crippen molar-refractivity contribution in [3.8, 4) is 0 Å². The van der Waals surface area contributed by atoms with Crippen LogP contribution in [0.25, 0.3) is 6.08 Å². The molecule has 1 rings (SSSR count). The van der Waals surface area contributed by atoms with Crippen molar-refractivity contribution in [2.45, 2.75) is 84.1 Å². The van der Waals surface area contributed by atoms with Gasteiger partial charge in [0, 0.05) is 0 Å². The molecule has 0 aliphatic rings. The molecule has 0 saturated carbocycles. The third-order valence-corrected chi connectivity index (χ3v) is 5.31. The summed E-state index contributed by atoms with van der Waals surface area (Å²) in [5.41, 5.74) is 1.29. The molecule has 0 bridgehead atoms. The second-order valence-corrected chi connectivity index (χ2v) is 7.82. The summed E-state index contributed by atoms with van der Waals surface area (Å²) in [6.45, 7) is 4.68. The maximum absolute atomic E-state index is 2.39. The van der Waals surface area contributed by atoms with Crippen LogP contribution >= 0.6 is 0 Å². The van der Waals surface area contributed by atoms with E-state index in [1.54, 1.807) is 0 Å². The lowest BCUT2D eigenvalue weighted by atomic mass is 10.0. The molecule has 0 amide bonds. The molecule has 0 N–H and O–H groups in total. The number of hydrogen-bond acceptors (Lipinski definition) is 0. The Kier molecular flexibility index (Phi) is 10.7. The van der Waals surface area contributed by atoms with Crippen LogP contribution in [0.1, 0.15) is 83.6 Å². The summed E-state index contributed by atoms with van der Waals surface area (Å²) in [6.07, 6.45) is 18.6. The summed E-state index contributed by atoms with van der Waals surface area (Å²) in [4.78, 5) is 0. The Morgan fingerprint density at radius 3 is 1.96 bits per heavy atom. The van der Waals surface area contributed by atoms with Gasteiger partial charge in [-0.05, 0) is 31.4 Å². The van der Waals surface area contributed by atoms with Gasteiger partial charge >= 0.3 is 0 Å². The number of nitrogens with zero attached hydrogens (tertiary/aromatic N) is 1. The minimum Gasteiger partial charge on any atom is -0.300 e. The van der Waals surface area contributed by atoms with Crippen molar-refractivity contribution in [1.82, 2.24) is 0 Å².